The highest BCUT2D eigenvalue weighted by atomic mass is 32.2. The maximum atomic E-state index is 12.5. The highest BCUT2D eigenvalue weighted by Gasteiger charge is 2.19. The molecule has 2 aromatic carbocycles. The van der Waals surface area contributed by atoms with Crippen molar-refractivity contribution in [1.29, 1.82) is 0 Å². The molecule has 0 aliphatic carbocycles. The third-order valence-electron chi connectivity index (χ3n) is 4.66. The van der Waals surface area contributed by atoms with Crippen molar-refractivity contribution in [1.82, 2.24) is 14.9 Å². The van der Waals surface area contributed by atoms with Crippen LogP contribution < -0.4 is 10.5 Å². The molecule has 1 aliphatic heterocycles. The van der Waals surface area contributed by atoms with E-state index in [0.717, 1.165) is 31.3 Å². The van der Waals surface area contributed by atoms with Gasteiger partial charge in [-0.1, -0.05) is 0 Å². The van der Waals surface area contributed by atoms with Crippen molar-refractivity contribution in [2.45, 2.75) is 17.7 Å². The van der Waals surface area contributed by atoms with E-state index in [2.05, 4.69) is 15.3 Å². The summed E-state index contributed by atoms with van der Waals surface area (Å²) in [6.45, 7) is 1.61. The molecule has 144 valence electrons. The van der Waals surface area contributed by atoms with E-state index in [4.69, 9.17) is 5.14 Å². The average Bonchev–Trinajstić information content (AvgIpc) is 3.21. The minimum Gasteiger partial charge on any atom is -0.339 e. The van der Waals surface area contributed by atoms with E-state index in [1.165, 1.54) is 12.1 Å². The molecule has 0 atom stereocenters. The number of nitrogens with zero attached hydrogens (tertiary/aromatic N) is 3. The number of anilines is 2. The first kappa shape index (κ1) is 18.3. The number of fused-ring (bicyclic) bond motifs is 1. The molecule has 8 nitrogen and oxygen atoms in total. The summed E-state index contributed by atoms with van der Waals surface area (Å²) in [6.07, 6.45) is 3.76. The monoisotopic (exact) mass is 397 g/mol. The summed E-state index contributed by atoms with van der Waals surface area (Å²) < 4.78 is 22.6. The molecule has 28 heavy (non-hydrogen) atoms. The van der Waals surface area contributed by atoms with E-state index in [9.17, 15) is 13.2 Å². The third-order valence-corrected chi connectivity index (χ3v) is 5.59. The Morgan fingerprint density at radius 1 is 1.07 bits per heavy atom. The Kier molecular flexibility index (Phi) is 4.70. The van der Waals surface area contributed by atoms with Crippen molar-refractivity contribution in [3.05, 3.63) is 54.2 Å². The van der Waals surface area contributed by atoms with E-state index in [-0.39, 0.29) is 10.8 Å². The van der Waals surface area contributed by atoms with E-state index >= 15 is 0 Å². The molecule has 1 saturated heterocycles. The van der Waals surface area contributed by atoms with Gasteiger partial charge < -0.3 is 10.2 Å². The minimum atomic E-state index is -3.73. The first-order valence-corrected chi connectivity index (χ1v) is 10.4. The second-order valence-electron chi connectivity index (χ2n) is 6.66. The summed E-state index contributed by atoms with van der Waals surface area (Å²) >= 11 is 0. The van der Waals surface area contributed by atoms with Gasteiger partial charge in [-0.3, -0.25) is 4.79 Å². The summed E-state index contributed by atoms with van der Waals surface area (Å²) in [5, 5.41) is 8.90. The highest BCUT2D eigenvalue weighted by molar-refractivity contribution is 7.89. The van der Waals surface area contributed by atoms with Gasteiger partial charge in [0.05, 0.1) is 10.4 Å². The third kappa shape index (κ3) is 3.80. The van der Waals surface area contributed by atoms with Gasteiger partial charge in [-0.25, -0.2) is 23.5 Å². The molecule has 0 saturated carbocycles. The van der Waals surface area contributed by atoms with Gasteiger partial charge in [0.1, 0.15) is 0 Å². The second kappa shape index (κ2) is 7.17. The number of benzene rings is 2. The first-order chi connectivity index (χ1) is 13.4. The van der Waals surface area contributed by atoms with Crippen LogP contribution in [0, 0.1) is 0 Å². The van der Waals surface area contributed by atoms with Gasteiger partial charge in [0.25, 0.3) is 5.91 Å². The minimum absolute atomic E-state index is 0.0349. The fraction of sp³-hybridized carbons (Fsp3) is 0.211. The Morgan fingerprint density at radius 3 is 2.46 bits per heavy atom. The van der Waals surface area contributed by atoms with Crippen LogP contribution in [0.3, 0.4) is 0 Å². The predicted octanol–water partition coefficient (Wildman–Crippen LogP) is 2.26. The summed E-state index contributed by atoms with van der Waals surface area (Å²) in [5.74, 6) is 0.408. The lowest BCUT2D eigenvalue weighted by Gasteiger charge is -2.15. The van der Waals surface area contributed by atoms with E-state index in [1.807, 2.05) is 4.90 Å². The van der Waals surface area contributed by atoms with E-state index < -0.39 is 10.0 Å². The molecule has 0 bridgehead atoms. The summed E-state index contributed by atoms with van der Waals surface area (Å²) in [4.78, 5) is 23.1. The average molecular weight is 397 g/mol. The number of carbonyl (C=O) groups is 1. The van der Waals surface area contributed by atoms with Crippen molar-refractivity contribution >= 4 is 38.5 Å². The van der Waals surface area contributed by atoms with Crippen molar-refractivity contribution in [2.24, 2.45) is 5.14 Å². The molecule has 3 N–H and O–H groups in total. The zero-order valence-electron chi connectivity index (χ0n) is 15.0. The van der Waals surface area contributed by atoms with Gasteiger partial charge in [-0.05, 0) is 55.3 Å². The van der Waals surface area contributed by atoms with Gasteiger partial charge in [-0.2, -0.15) is 0 Å². The molecule has 1 fully saturated rings. The molecule has 1 amide bonds. The lowest BCUT2D eigenvalue weighted by atomic mass is 10.1. The molecule has 0 unspecified atom stereocenters. The molecule has 3 aromatic rings. The molecule has 0 radical (unpaired) electrons. The van der Waals surface area contributed by atoms with Crippen LogP contribution in [0.2, 0.25) is 0 Å². The van der Waals surface area contributed by atoms with Crippen molar-refractivity contribution in [2.75, 3.05) is 18.4 Å². The number of carbonyl (C=O) groups excluding carboxylic acids is 1. The highest BCUT2D eigenvalue weighted by Crippen LogP contribution is 2.20. The number of nitrogens with one attached hydrogen (secondary N) is 1. The number of amides is 1. The zero-order chi connectivity index (χ0) is 19.7. The summed E-state index contributed by atoms with van der Waals surface area (Å²) in [7, 11) is -3.73. The number of likely N-dealkylation sites (tertiary alicyclic amines) is 1. The number of sulfonamides is 1. The molecule has 1 aromatic heterocycles. The number of rotatable bonds is 4. The number of hydrogen-bond donors (Lipinski definition) is 2. The van der Waals surface area contributed by atoms with Crippen LogP contribution in [0.4, 0.5) is 11.6 Å². The lowest BCUT2D eigenvalue weighted by Crippen LogP contribution is -2.27. The topological polar surface area (TPSA) is 118 Å². The first-order valence-electron chi connectivity index (χ1n) is 8.86. The Hall–Kier alpha value is -3.04. The Bertz CT molecular complexity index is 1140. The van der Waals surface area contributed by atoms with Gasteiger partial charge in [0.15, 0.2) is 0 Å². The lowest BCUT2D eigenvalue weighted by molar-refractivity contribution is 0.0793. The quantitative estimate of drug-likeness (QED) is 0.697. The molecule has 1 aliphatic rings. The second-order valence-corrected chi connectivity index (χ2v) is 8.22. The van der Waals surface area contributed by atoms with E-state index in [1.54, 1.807) is 36.5 Å². The number of primary sulfonamides is 1. The molecular weight excluding hydrogens is 378 g/mol. The van der Waals surface area contributed by atoms with Gasteiger partial charge in [0, 0.05) is 35.9 Å². The molecule has 0 spiro atoms. The molecule has 2 heterocycles. The van der Waals surface area contributed by atoms with Crippen LogP contribution in [-0.2, 0) is 10.0 Å². The number of hydrogen-bond acceptors (Lipinski definition) is 6. The van der Waals surface area contributed by atoms with Crippen molar-refractivity contribution in [3.8, 4) is 0 Å². The SMILES string of the molecule is NS(=O)(=O)c1ccc(Nc2ncc3cc(C(=O)N4CCCC4)ccc3n2)cc1. The van der Waals surface area contributed by atoms with Crippen LogP contribution in [0.15, 0.2) is 53.6 Å². The standard InChI is InChI=1S/C19H19N5O3S/c20-28(26,27)16-6-4-15(5-7-16)22-19-21-12-14-11-13(3-8-17(14)23-19)18(25)24-9-1-2-10-24/h3-8,11-12H,1-2,9-10H2,(H2,20,26,27)(H,21,22,23). The van der Waals surface area contributed by atoms with Gasteiger partial charge in [0.2, 0.25) is 16.0 Å². The van der Waals surface area contributed by atoms with Crippen LogP contribution >= 0.6 is 0 Å². The largest absolute Gasteiger partial charge is 0.339 e. The number of nitrogens with two attached hydrogens (primary N) is 1. The summed E-state index contributed by atoms with van der Waals surface area (Å²) in [5.41, 5.74) is 1.97. The smallest absolute Gasteiger partial charge is 0.253 e. The van der Waals surface area contributed by atoms with Crippen LogP contribution in [0.1, 0.15) is 23.2 Å². The fourth-order valence-electron chi connectivity index (χ4n) is 3.19. The Balaban J connectivity index is 1.54. The normalized spacial score (nSPS) is 14.4. The number of aromatic nitrogens is 2. The summed E-state index contributed by atoms with van der Waals surface area (Å²) in [6, 6.07) is 11.4. The van der Waals surface area contributed by atoms with Crippen molar-refractivity contribution < 1.29 is 13.2 Å². The van der Waals surface area contributed by atoms with E-state index in [0.29, 0.717) is 22.7 Å². The maximum absolute atomic E-state index is 12.5. The van der Waals surface area contributed by atoms with Crippen LogP contribution in [0.25, 0.3) is 10.9 Å². The maximum Gasteiger partial charge on any atom is 0.253 e. The molecule has 9 heteroatoms. The van der Waals surface area contributed by atoms with Gasteiger partial charge >= 0.3 is 0 Å². The Labute approximate surface area is 162 Å². The zero-order valence-corrected chi connectivity index (χ0v) is 15.8. The van der Waals surface area contributed by atoms with Crippen LogP contribution in [0.5, 0.6) is 0 Å². The van der Waals surface area contributed by atoms with Gasteiger partial charge in [-0.15, -0.1) is 0 Å². The van der Waals surface area contributed by atoms with Crippen LogP contribution in [-0.4, -0.2) is 42.3 Å². The molecular formula is C19H19N5O3S. The van der Waals surface area contributed by atoms with Crippen molar-refractivity contribution in [3.63, 3.8) is 0 Å². The Morgan fingerprint density at radius 2 is 1.79 bits per heavy atom. The fourth-order valence-corrected chi connectivity index (χ4v) is 3.70. The predicted molar refractivity (Wildman–Crippen MR) is 106 cm³/mol. The molecule has 4 rings (SSSR count).